The third-order valence-electron chi connectivity index (χ3n) is 4.69. The summed E-state index contributed by atoms with van der Waals surface area (Å²) in [5.41, 5.74) is 2.07. The van der Waals surface area contributed by atoms with Crippen molar-refractivity contribution in [2.45, 2.75) is 19.8 Å². The predicted octanol–water partition coefficient (Wildman–Crippen LogP) is 4.85. The van der Waals surface area contributed by atoms with E-state index in [1.807, 2.05) is 66.7 Å². The molecule has 0 aliphatic rings. The van der Waals surface area contributed by atoms with Gasteiger partial charge in [0.15, 0.2) is 0 Å². The SMILES string of the molecule is O=c1c(COCc2ccccn2)cc2ccc(Cl)cc2n1CCOc1ccccc1. The van der Waals surface area contributed by atoms with Gasteiger partial charge < -0.3 is 14.0 Å². The van der Waals surface area contributed by atoms with Gasteiger partial charge in [0.25, 0.3) is 5.56 Å². The summed E-state index contributed by atoms with van der Waals surface area (Å²) in [7, 11) is 0. The van der Waals surface area contributed by atoms with E-state index in [0.717, 1.165) is 22.3 Å². The zero-order valence-electron chi connectivity index (χ0n) is 16.3. The summed E-state index contributed by atoms with van der Waals surface area (Å²) < 4.78 is 13.2. The number of hydrogen-bond acceptors (Lipinski definition) is 4. The van der Waals surface area contributed by atoms with Crippen LogP contribution in [0.15, 0.2) is 83.8 Å². The van der Waals surface area contributed by atoms with Gasteiger partial charge in [-0.1, -0.05) is 41.9 Å². The lowest BCUT2D eigenvalue weighted by atomic mass is 10.1. The van der Waals surface area contributed by atoms with Gasteiger partial charge in [0.2, 0.25) is 0 Å². The molecule has 0 spiro atoms. The van der Waals surface area contributed by atoms with Crippen LogP contribution in [0.3, 0.4) is 0 Å². The Kier molecular flexibility index (Phi) is 6.42. The van der Waals surface area contributed by atoms with E-state index < -0.39 is 0 Å². The summed E-state index contributed by atoms with van der Waals surface area (Å²) in [6, 6.07) is 22.6. The van der Waals surface area contributed by atoms with E-state index in [9.17, 15) is 4.79 Å². The molecule has 2 aromatic carbocycles. The molecule has 0 radical (unpaired) electrons. The number of para-hydroxylation sites is 1. The quantitative estimate of drug-likeness (QED) is 0.409. The maximum Gasteiger partial charge on any atom is 0.256 e. The molecule has 4 aromatic rings. The van der Waals surface area contributed by atoms with E-state index in [1.54, 1.807) is 16.8 Å². The van der Waals surface area contributed by atoms with Crippen LogP contribution in [-0.2, 0) is 24.5 Å². The minimum Gasteiger partial charge on any atom is -0.492 e. The van der Waals surface area contributed by atoms with Crippen molar-refractivity contribution in [3.05, 3.63) is 106 Å². The maximum atomic E-state index is 13.1. The second-order valence-electron chi connectivity index (χ2n) is 6.80. The smallest absolute Gasteiger partial charge is 0.256 e. The zero-order valence-corrected chi connectivity index (χ0v) is 17.1. The fourth-order valence-corrected chi connectivity index (χ4v) is 3.42. The predicted molar refractivity (Wildman–Crippen MR) is 118 cm³/mol. The summed E-state index contributed by atoms with van der Waals surface area (Å²) in [6.45, 7) is 1.31. The van der Waals surface area contributed by atoms with Gasteiger partial charge in [0.1, 0.15) is 12.4 Å². The highest BCUT2D eigenvalue weighted by atomic mass is 35.5. The summed E-state index contributed by atoms with van der Waals surface area (Å²) >= 11 is 6.19. The molecule has 2 heterocycles. The summed E-state index contributed by atoms with van der Waals surface area (Å²) in [5.74, 6) is 0.766. The molecule has 0 unspecified atom stereocenters. The van der Waals surface area contributed by atoms with Crippen LogP contribution in [0.2, 0.25) is 5.02 Å². The molecule has 152 valence electrons. The summed E-state index contributed by atoms with van der Waals surface area (Å²) in [4.78, 5) is 17.4. The topological polar surface area (TPSA) is 53.3 Å². The van der Waals surface area contributed by atoms with Crippen LogP contribution in [0.25, 0.3) is 10.9 Å². The first kappa shape index (κ1) is 20.1. The van der Waals surface area contributed by atoms with Crippen LogP contribution < -0.4 is 10.3 Å². The molecule has 30 heavy (non-hydrogen) atoms. The molecule has 0 fully saturated rings. The van der Waals surface area contributed by atoms with Crippen LogP contribution in [0.4, 0.5) is 0 Å². The number of ether oxygens (including phenoxy) is 2. The number of halogens is 1. The van der Waals surface area contributed by atoms with Gasteiger partial charge in [-0.05, 0) is 47.9 Å². The lowest BCUT2D eigenvalue weighted by Crippen LogP contribution is -2.27. The fraction of sp³-hybridized carbons (Fsp3) is 0.167. The second kappa shape index (κ2) is 9.57. The van der Waals surface area contributed by atoms with Gasteiger partial charge in [-0.3, -0.25) is 9.78 Å². The van der Waals surface area contributed by atoms with Gasteiger partial charge in [0.05, 0.1) is 31.0 Å². The molecular formula is C24H21ClN2O3. The Morgan fingerprint density at radius 3 is 2.57 bits per heavy atom. The Bertz CT molecular complexity index is 1180. The van der Waals surface area contributed by atoms with Crippen LogP contribution in [-0.4, -0.2) is 16.2 Å². The van der Waals surface area contributed by atoms with E-state index in [1.165, 1.54) is 0 Å². The highest BCUT2D eigenvalue weighted by Crippen LogP contribution is 2.20. The summed E-state index contributed by atoms with van der Waals surface area (Å²) in [6.07, 6.45) is 1.72. The number of nitrogens with zero attached hydrogens (tertiary/aromatic N) is 2. The number of rotatable bonds is 8. The van der Waals surface area contributed by atoms with Crippen molar-refractivity contribution in [2.75, 3.05) is 6.61 Å². The molecule has 0 amide bonds. The Morgan fingerprint density at radius 2 is 1.77 bits per heavy atom. The van der Waals surface area contributed by atoms with Gasteiger partial charge in [0, 0.05) is 16.8 Å². The third-order valence-corrected chi connectivity index (χ3v) is 4.93. The van der Waals surface area contributed by atoms with Crippen molar-refractivity contribution in [3.8, 4) is 5.75 Å². The molecule has 4 rings (SSSR count). The number of benzene rings is 2. The standard InChI is InChI=1S/C24H21ClN2O3/c25-20-10-9-18-14-19(16-29-17-21-6-4-5-11-26-21)24(28)27(23(18)15-20)12-13-30-22-7-2-1-3-8-22/h1-11,14-15H,12-13,16-17H2. The number of pyridine rings is 2. The Labute approximate surface area is 179 Å². The molecule has 0 atom stereocenters. The molecule has 0 saturated heterocycles. The Balaban J connectivity index is 1.55. The van der Waals surface area contributed by atoms with Crippen LogP contribution >= 0.6 is 11.6 Å². The van der Waals surface area contributed by atoms with Gasteiger partial charge in [-0.25, -0.2) is 0 Å². The van der Waals surface area contributed by atoms with Gasteiger partial charge in [-0.2, -0.15) is 0 Å². The van der Waals surface area contributed by atoms with E-state index in [4.69, 9.17) is 21.1 Å². The van der Waals surface area contributed by atoms with Crippen molar-refractivity contribution < 1.29 is 9.47 Å². The number of hydrogen-bond donors (Lipinski definition) is 0. The first-order valence-corrected chi connectivity index (χ1v) is 10.1. The average Bonchev–Trinajstić information content (AvgIpc) is 2.78. The molecular weight excluding hydrogens is 400 g/mol. The zero-order chi connectivity index (χ0) is 20.8. The highest BCUT2D eigenvalue weighted by Gasteiger charge is 2.11. The van der Waals surface area contributed by atoms with E-state index >= 15 is 0 Å². The largest absolute Gasteiger partial charge is 0.492 e. The molecule has 2 aromatic heterocycles. The van der Waals surface area contributed by atoms with Crippen molar-refractivity contribution in [1.29, 1.82) is 0 Å². The third kappa shape index (κ3) is 4.87. The molecule has 0 saturated carbocycles. The van der Waals surface area contributed by atoms with Gasteiger partial charge in [-0.15, -0.1) is 0 Å². The fourth-order valence-electron chi connectivity index (χ4n) is 3.25. The molecule has 0 aliphatic carbocycles. The molecule has 0 bridgehead atoms. The number of fused-ring (bicyclic) bond motifs is 1. The van der Waals surface area contributed by atoms with Crippen LogP contribution in [0, 0.1) is 0 Å². The molecule has 6 heteroatoms. The van der Waals surface area contributed by atoms with Crippen molar-refractivity contribution in [2.24, 2.45) is 0 Å². The maximum absolute atomic E-state index is 13.1. The van der Waals surface area contributed by atoms with Crippen molar-refractivity contribution >= 4 is 22.5 Å². The minimum atomic E-state index is -0.109. The molecule has 0 aliphatic heterocycles. The molecule has 5 nitrogen and oxygen atoms in total. The first-order valence-electron chi connectivity index (χ1n) is 9.68. The highest BCUT2D eigenvalue weighted by molar-refractivity contribution is 6.31. The normalized spacial score (nSPS) is 11.0. The summed E-state index contributed by atoms with van der Waals surface area (Å²) in [5, 5.41) is 1.51. The second-order valence-corrected chi connectivity index (χ2v) is 7.24. The Hall–Kier alpha value is -3.15. The molecule has 0 N–H and O–H groups in total. The van der Waals surface area contributed by atoms with Crippen molar-refractivity contribution in [3.63, 3.8) is 0 Å². The first-order chi connectivity index (χ1) is 14.7. The lowest BCUT2D eigenvalue weighted by Gasteiger charge is -2.14. The lowest BCUT2D eigenvalue weighted by molar-refractivity contribution is 0.103. The van der Waals surface area contributed by atoms with Gasteiger partial charge >= 0.3 is 0 Å². The Morgan fingerprint density at radius 1 is 0.933 bits per heavy atom. The van der Waals surface area contributed by atoms with E-state index in [2.05, 4.69) is 4.98 Å². The van der Waals surface area contributed by atoms with E-state index in [-0.39, 0.29) is 12.2 Å². The van der Waals surface area contributed by atoms with Crippen LogP contribution in [0.1, 0.15) is 11.3 Å². The van der Waals surface area contributed by atoms with Crippen molar-refractivity contribution in [1.82, 2.24) is 9.55 Å². The van der Waals surface area contributed by atoms with Crippen LogP contribution in [0.5, 0.6) is 5.75 Å². The van der Waals surface area contributed by atoms with E-state index in [0.29, 0.717) is 30.3 Å². The monoisotopic (exact) mass is 420 g/mol. The minimum absolute atomic E-state index is 0.109. The number of aromatic nitrogens is 2. The average molecular weight is 421 g/mol.